The number of halogens is 1. The van der Waals surface area contributed by atoms with Gasteiger partial charge in [-0.3, -0.25) is 0 Å². The van der Waals surface area contributed by atoms with E-state index in [-0.39, 0.29) is 5.82 Å². The largest absolute Gasteiger partial charge is 0.244 e. The van der Waals surface area contributed by atoms with Crippen LogP contribution in [0.5, 0.6) is 0 Å². The van der Waals surface area contributed by atoms with Gasteiger partial charge in [-0.25, -0.2) is 9.07 Å². The first-order valence-corrected chi connectivity index (χ1v) is 5.81. The van der Waals surface area contributed by atoms with Crippen molar-refractivity contribution in [3.63, 3.8) is 0 Å². The van der Waals surface area contributed by atoms with Gasteiger partial charge in [0.1, 0.15) is 11.9 Å². The van der Waals surface area contributed by atoms with Crippen LogP contribution in [0, 0.1) is 17.1 Å². The summed E-state index contributed by atoms with van der Waals surface area (Å²) in [5, 5.41) is 16.8. The van der Waals surface area contributed by atoms with Crippen molar-refractivity contribution in [2.24, 2.45) is 0 Å². The molecule has 0 saturated carbocycles. The molecule has 0 spiro atoms. The monoisotopic (exact) mass is 244 g/mol. The minimum atomic E-state index is -0.260. The molecule has 2 aromatic rings. The predicted octanol–water partition coefficient (Wildman–Crippen LogP) is 2.29. The normalized spacial score (nSPS) is 10.3. The second-order valence-electron chi connectivity index (χ2n) is 4.03. The number of hydrogen-bond acceptors (Lipinski definition) is 3. The van der Waals surface area contributed by atoms with Gasteiger partial charge in [0.2, 0.25) is 0 Å². The molecular formula is C13H13FN4. The zero-order valence-corrected chi connectivity index (χ0v) is 10.1. The van der Waals surface area contributed by atoms with Gasteiger partial charge >= 0.3 is 0 Å². The van der Waals surface area contributed by atoms with Gasteiger partial charge in [0.15, 0.2) is 5.69 Å². The summed E-state index contributed by atoms with van der Waals surface area (Å²) >= 11 is 0. The molecule has 0 amide bonds. The lowest BCUT2D eigenvalue weighted by atomic mass is 10.2. The van der Waals surface area contributed by atoms with E-state index in [2.05, 4.69) is 10.3 Å². The lowest BCUT2D eigenvalue weighted by Crippen LogP contribution is -2.07. The third kappa shape index (κ3) is 2.54. The van der Waals surface area contributed by atoms with Gasteiger partial charge < -0.3 is 0 Å². The third-order valence-corrected chi connectivity index (χ3v) is 2.68. The van der Waals surface area contributed by atoms with Gasteiger partial charge in [-0.05, 0) is 24.1 Å². The second kappa shape index (κ2) is 5.41. The molecule has 0 N–H and O–H groups in total. The SMILES string of the molecule is CCCc1c(C#N)nnn1Cc1ccc(F)cc1. The summed E-state index contributed by atoms with van der Waals surface area (Å²) in [5.74, 6) is -0.260. The summed E-state index contributed by atoms with van der Waals surface area (Å²) in [6.07, 6.45) is 1.68. The third-order valence-electron chi connectivity index (χ3n) is 2.68. The van der Waals surface area contributed by atoms with Gasteiger partial charge in [-0.2, -0.15) is 5.26 Å². The summed E-state index contributed by atoms with van der Waals surface area (Å²) in [6.45, 7) is 2.54. The number of aromatic nitrogens is 3. The molecule has 4 nitrogen and oxygen atoms in total. The number of rotatable bonds is 4. The zero-order valence-electron chi connectivity index (χ0n) is 10.1. The summed E-state index contributed by atoms with van der Waals surface area (Å²) < 4.78 is 14.5. The molecule has 1 aromatic carbocycles. The van der Waals surface area contributed by atoms with Crippen LogP contribution in [-0.4, -0.2) is 15.0 Å². The number of nitrogens with zero attached hydrogens (tertiary/aromatic N) is 4. The first-order valence-electron chi connectivity index (χ1n) is 5.81. The van der Waals surface area contributed by atoms with E-state index in [9.17, 15) is 4.39 Å². The average molecular weight is 244 g/mol. The Hall–Kier alpha value is -2.22. The van der Waals surface area contributed by atoms with Crippen LogP contribution in [0.3, 0.4) is 0 Å². The standard InChI is InChI=1S/C13H13FN4/c1-2-3-13-12(8-15)16-17-18(13)9-10-4-6-11(14)7-5-10/h4-7H,2-3,9H2,1H3. The van der Waals surface area contributed by atoms with Crippen LogP contribution in [0.15, 0.2) is 24.3 Å². The highest BCUT2D eigenvalue weighted by Gasteiger charge is 2.11. The molecule has 0 aliphatic carbocycles. The maximum absolute atomic E-state index is 12.8. The van der Waals surface area contributed by atoms with E-state index in [0.29, 0.717) is 12.2 Å². The summed E-state index contributed by atoms with van der Waals surface area (Å²) in [6, 6.07) is 8.28. The molecule has 92 valence electrons. The molecule has 5 heteroatoms. The van der Waals surface area contributed by atoms with Crippen LogP contribution in [0.1, 0.15) is 30.3 Å². The molecule has 1 aromatic heterocycles. The van der Waals surface area contributed by atoms with E-state index in [1.807, 2.05) is 13.0 Å². The van der Waals surface area contributed by atoms with Crippen molar-refractivity contribution >= 4 is 0 Å². The predicted molar refractivity (Wildman–Crippen MR) is 64.2 cm³/mol. The minimum absolute atomic E-state index is 0.260. The van der Waals surface area contributed by atoms with Crippen molar-refractivity contribution < 1.29 is 4.39 Å². The van der Waals surface area contributed by atoms with Gasteiger partial charge in [-0.1, -0.05) is 30.7 Å². The topological polar surface area (TPSA) is 54.5 Å². The molecule has 0 fully saturated rings. The summed E-state index contributed by atoms with van der Waals surface area (Å²) in [5.41, 5.74) is 2.14. The van der Waals surface area contributed by atoms with Gasteiger partial charge in [0.05, 0.1) is 12.2 Å². The fourth-order valence-electron chi connectivity index (χ4n) is 1.79. The highest BCUT2D eigenvalue weighted by Crippen LogP contribution is 2.11. The molecule has 0 saturated heterocycles. The first kappa shape index (κ1) is 12.2. The van der Waals surface area contributed by atoms with Crippen molar-refractivity contribution in [2.45, 2.75) is 26.3 Å². The van der Waals surface area contributed by atoms with Crippen LogP contribution in [0.4, 0.5) is 4.39 Å². The smallest absolute Gasteiger partial charge is 0.185 e. The molecule has 0 atom stereocenters. The fraction of sp³-hybridized carbons (Fsp3) is 0.308. The van der Waals surface area contributed by atoms with Crippen molar-refractivity contribution in [3.05, 3.63) is 47.0 Å². The van der Waals surface area contributed by atoms with E-state index in [4.69, 9.17) is 5.26 Å². The van der Waals surface area contributed by atoms with Crippen LogP contribution >= 0.6 is 0 Å². The summed E-state index contributed by atoms with van der Waals surface area (Å²) in [7, 11) is 0. The maximum atomic E-state index is 12.8. The van der Waals surface area contributed by atoms with Crippen LogP contribution in [0.2, 0.25) is 0 Å². The Balaban J connectivity index is 2.26. The highest BCUT2D eigenvalue weighted by molar-refractivity contribution is 5.26. The van der Waals surface area contributed by atoms with Gasteiger partial charge in [-0.15, -0.1) is 5.10 Å². The Morgan fingerprint density at radius 3 is 2.67 bits per heavy atom. The van der Waals surface area contributed by atoms with E-state index in [1.165, 1.54) is 12.1 Å². The Morgan fingerprint density at radius 2 is 2.06 bits per heavy atom. The highest BCUT2D eigenvalue weighted by atomic mass is 19.1. The second-order valence-corrected chi connectivity index (χ2v) is 4.03. The van der Waals surface area contributed by atoms with Gasteiger partial charge in [0, 0.05) is 0 Å². The Labute approximate surface area is 105 Å². The quantitative estimate of drug-likeness (QED) is 0.829. The van der Waals surface area contributed by atoms with E-state index >= 15 is 0 Å². The molecule has 18 heavy (non-hydrogen) atoms. The van der Waals surface area contributed by atoms with Crippen molar-refractivity contribution in [1.29, 1.82) is 5.26 Å². The molecule has 1 heterocycles. The molecule has 0 aliphatic heterocycles. The summed E-state index contributed by atoms with van der Waals surface area (Å²) in [4.78, 5) is 0. The maximum Gasteiger partial charge on any atom is 0.185 e. The van der Waals surface area contributed by atoms with Crippen molar-refractivity contribution in [1.82, 2.24) is 15.0 Å². The number of hydrogen-bond donors (Lipinski definition) is 0. The Bertz CT molecular complexity index is 566. The van der Waals surface area contributed by atoms with E-state index in [0.717, 1.165) is 24.1 Å². The molecule has 0 bridgehead atoms. The van der Waals surface area contributed by atoms with Gasteiger partial charge in [0.25, 0.3) is 0 Å². The van der Waals surface area contributed by atoms with E-state index in [1.54, 1.807) is 16.8 Å². The number of nitriles is 1. The molecule has 0 aliphatic rings. The first-order chi connectivity index (χ1) is 8.74. The van der Waals surface area contributed by atoms with Crippen LogP contribution in [0.25, 0.3) is 0 Å². The molecule has 2 rings (SSSR count). The lowest BCUT2D eigenvalue weighted by Gasteiger charge is -2.05. The zero-order chi connectivity index (χ0) is 13.0. The van der Waals surface area contributed by atoms with Crippen molar-refractivity contribution in [2.75, 3.05) is 0 Å². The van der Waals surface area contributed by atoms with E-state index < -0.39 is 0 Å². The van der Waals surface area contributed by atoms with Crippen LogP contribution in [-0.2, 0) is 13.0 Å². The minimum Gasteiger partial charge on any atom is -0.244 e. The fourth-order valence-corrected chi connectivity index (χ4v) is 1.79. The Kier molecular flexibility index (Phi) is 3.68. The average Bonchev–Trinajstić information content (AvgIpc) is 2.75. The van der Waals surface area contributed by atoms with Crippen molar-refractivity contribution in [3.8, 4) is 6.07 Å². The Morgan fingerprint density at radius 1 is 1.33 bits per heavy atom. The van der Waals surface area contributed by atoms with Crippen LogP contribution < -0.4 is 0 Å². The molecule has 0 unspecified atom stereocenters. The molecule has 0 radical (unpaired) electrons. The number of benzene rings is 1. The molecular weight excluding hydrogens is 231 g/mol. The lowest BCUT2D eigenvalue weighted by molar-refractivity contribution is 0.606.